The quantitative estimate of drug-likeness (QED) is 0.923. The van der Waals surface area contributed by atoms with Gasteiger partial charge in [0, 0.05) is 42.2 Å². The van der Waals surface area contributed by atoms with Crippen molar-refractivity contribution in [2.75, 3.05) is 18.6 Å². The first-order chi connectivity index (χ1) is 11.3. The molecule has 0 bridgehead atoms. The average Bonchev–Trinajstić information content (AvgIpc) is 2.57. The number of hydrogen-bond donors (Lipinski definition) is 1. The molecule has 0 spiro atoms. The fourth-order valence-corrected chi connectivity index (χ4v) is 2.75. The molecule has 1 aromatic heterocycles. The standard InChI is InChI=1S/C17H21N3O3S/c1-12(13-7-9-14(10-8-13)24(4)23)20(3)17(22)18-15-6-5-11-19(2)16(15)21/h5-12H,1-4H3,(H,18,22)/t12-,24-/m1/s1. The number of anilines is 1. The van der Waals surface area contributed by atoms with Crippen LogP contribution in [0.2, 0.25) is 0 Å². The van der Waals surface area contributed by atoms with Gasteiger partial charge in [0.2, 0.25) is 0 Å². The molecule has 7 heteroatoms. The number of aryl methyl sites for hydroxylation is 1. The minimum atomic E-state index is -1.03. The van der Waals surface area contributed by atoms with Crippen molar-refractivity contribution >= 4 is 22.5 Å². The van der Waals surface area contributed by atoms with E-state index in [2.05, 4.69) is 5.32 Å². The summed E-state index contributed by atoms with van der Waals surface area (Å²) >= 11 is 0. The van der Waals surface area contributed by atoms with Gasteiger partial charge < -0.3 is 14.8 Å². The van der Waals surface area contributed by atoms with Gasteiger partial charge in [0.1, 0.15) is 5.69 Å². The van der Waals surface area contributed by atoms with Crippen LogP contribution >= 0.6 is 0 Å². The summed E-state index contributed by atoms with van der Waals surface area (Å²) in [5.41, 5.74) is 0.894. The highest BCUT2D eigenvalue weighted by Gasteiger charge is 2.18. The van der Waals surface area contributed by atoms with E-state index in [0.717, 1.165) is 10.5 Å². The average molecular weight is 347 g/mol. The van der Waals surface area contributed by atoms with Crippen LogP contribution in [-0.4, -0.2) is 33.0 Å². The lowest BCUT2D eigenvalue weighted by Crippen LogP contribution is -2.35. The molecule has 0 unspecified atom stereocenters. The van der Waals surface area contributed by atoms with E-state index in [1.54, 1.807) is 50.8 Å². The predicted molar refractivity (Wildman–Crippen MR) is 95.7 cm³/mol. The molecule has 128 valence electrons. The number of pyridine rings is 1. The second kappa shape index (κ2) is 7.44. The molecular weight excluding hydrogens is 326 g/mol. The third-order valence-electron chi connectivity index (χ3n) is 3.96. The van der Waals surface area contributed by atoms with Crippen LogP contribution in [0.4, 0.5) is 10.5 Å². The minimum absolute atomic E-state index is 0.197. The van der Waals surface area contributed by atoms with E-state index in [1.807, 2.05) is 19.1 Å². The molecule has 0 radical (unpaired) electrons. The Kier molecular flexibility index (Phi) is 5.56. The molecule has 0 aliphatic rings. The second-order valence-corrected chi connectivity index (χ2v) is 6.96. The van der Waals surface area contributed by atoms with Gasteiger partial charge in [-0.05, 0) is 36.8 Å². The zero-order chi connectivity index (χ0) is 17.9. The monoisotopic (exact) mass is 347 g/mol. The van der Waals surface area contributed by atoms with Crippen LogP contribution in [0, 0.1) is 0 Å². The van der Waals surface area contributed by atoms with Crippen molar-refractivity contribution in [1.82, 2.24) is 9.47 Å². The number of nitrogens with one attached hydrogen (secondary N) is 1. The lowest BCUT2D eigenvalue weighted by atomic mass is 10.1. The molecule has 0 aliphatic heterocycles. The van der Waals surface area contributed by atoms with E-state index in [9.17, 15) is 13.8 Å². The first kappa shape index (κ1) is 17.9. The Morgan fingerprint density at radius 3 is 2.46 bits per heavy atom. The fraction of sp³-hybridized carbons (Fsp3) is 0.294. The van der Waals surface area contributed by atoms with Crippen molar-refractivity contribution in [2.45, 2.75) is 17.9 Å². The van der Waals surface area contributed by atoms with Gasteiger partial charge in [0.25, 0.3) is 5.56 Å². The molecule has 1 aromatic carbocycles. The Bertz CT molecular complexity index is 815. The van der Waals surface area contributed by atoms with E-state index in [1.165, 1.54) is 9.47 Å². The maximum absolute atomic E-state index is 12.4. The number of nitrogens with zero attached hydrogens (tertiary/aromatic N) is 2. The number of benzene rings is 1. The lowest BCUT2D eigenvalue weighted by Gasteiger charge is -2.25. The summed E-state index contributed by atoms with van der Waals surface area (Å²) in [7, 11) is 2.26. The highest BCUT2D eigenvalue weighted by atomic mass is 32.2. The van der Waals surface area contributed by atoms with Crippen molar-refractivity contribution in [3.05, 3.63) is 58.5 Å². The molecule has 0 aliphatic carbocycles. The maximum atomic E-state index is 12.4. The fourth-order valence-electron chi connectivity index (χ4n) is 2.23. The van der Waals surface area contributed by atoms with Crippen LogP contribution in [0.5, 0.6) is 0 Å². The number of aromatic nitrogens is 1. The molecule has 2 amide bonds. The number of carbonyl (C=O) groups excluding carboxylic acids is 1. The Labute approximate surface area is 143 Å². The van der Waals surface area contributed by atoms with E-state index < -0.39 is 10.8 Å². The van der Waals surface area contributed by atoms with Crippen molar-refractivity contribution < 1.29 is 9.00 Å². The van der Waals surface area contributed by atoms with Crippen LogP contribution in [-0.2, 0) is 17.8 Å². The molecule has 1 N–H and O–H groups in total. The molecule has 1 heterocycles. The number of urea groups is 1. The summed E-state index contributed by atoms with van der Waals surface area (Å²) < 4.78 is 12.8. The van der Waals surface area contributed by atoms with E-state index >= 15 is 0 Å². The highest BCUT2D eigenvalue weighted by Crippen LogP contribution is 2.20. The van der Waals surface area contributed by atoms with Crippen molar-refractivity contribution in [3.8, 4) is 0 Å². The van der Waals surface area contributed by atoms with Gasteiger partial charge in [-0.25, -0.2) is 4.79 Å². The summed E-state index contributed by atoms with van der Waals surface area (Å²) in [5.74, 6) is 0. The summed E-state index contributed by atoms with van der Waals surface area (Å²) in [6.07, 6.45) is 3.25. The zero-order valence-electron chi connectivity index (χ0n) is 14.1. The highest BCUT2D eigenvalue weighted by molar-refractivity contribution is 7.84. The van der Waals surface area contributed by atoms with E-state index in [0.29, 0.717) is 0 Å². The smallest absolute Gasteiger partial charge is 0.321 e. The first-order valence-corrected chi connectivity index (χ1v) is 9.00. The van der Waals surface area contributed by atoms with Crippen LogP contribution < -0.4 is 10.9 Å². The number of hydrogen-bond acceptors (Lipinski definition) is 3. The molecule has 2 aromatic rings. The van der Waals surface area contributed by atoms with Crippen molar-refractivity contribution in [2.24, 2.45) is 7.05 Å². The molecular formula is C17H21N3O3S. The third-order valence-corrected chi connectivity index (χ3v) is 4.90. The van der Waals surface area contributed by atoms with Crippen molar-refractivity contribution in [3.63, 3.8) is 0 Å². The lowest BCUT2D eigenvalue weighted by molar-refractivity contribution is 0.208. The first-order valence-electron chi connectivity index (χ1n) is 7.44. The Hall–Kier alpha value is -2.41. The molecule has 6 nitrogen and oxygen atoms in total. The number of amides is 2. The van der Waals surface area contributed by atoms with Gasteiger partial charge in [-0.1, -0.05) is 12.1 Å². The van der Waals surface area contributed by atoms with Gasteiger partial charge in [0.05, 0.1) is 6.04 Å². The van der Waals surface area contributed by atoms with Crippen LogP contribution in [0.15, 0.2) is 52.3 Å². The number of rotatable bonds is 4. The molecule has 2 atom stereocenters. The van der Waals surface area contributed by atoms with Gasteiger partial charge in [-0.15, -0.1) is 0 Å². The second-order valence-electron chi connectivity index (χ2n) is 5.58. The topological polar surface area (TPSA) is 71.4 Å². The summed E-state index contributed by atoms with van der Waals surface area (Å²) in [6.45, 7) is 1.89. The third kappa shape index (κ3) is 3.91. The van der Waals surface area contributed by atoms with Crippen LogP contribution in [0.3, 0.4) is 0 Å². The van der Waals surface area contributed by atoms with E-state index in [-0.39, 0.29) is 23.3 Å². The normalized spacial score (nSPS) is 13.2. The maximum Gasteiger partial charge on any atom is 0.322 e. The van der Waals surface area contributed by atoms with E-state index in [4.69, 9.17) is 0 Å². The van der Waals surface area contributed by atoms with Gasteiger partial charge in [-0.3, -0.25) is 9.00 Å². The SMILES string of the molecule is C[C@H](c1ccc([S@@](C)=O)cc1)N(C)C(=O)Nc1cccn(C)c1=O. The Morgan fingerprint density at radius 1 is 1.25 bits per heavy atom. The predicted octanol–water partition coefficient (Wildman–Crippen LogP) is 2.35. The molecule has 0 fully saturated rings. The Morgan fingerprint density at radius 2 is 1.88 bits per heavy atom. The van der Waals surface area contributed by atoms with Gasteiger partial charge in [-0.2, -0.15) is 0 Å². The number of carbonyl (C=O) groups is 1. The van der Waals surface area contributed by atoms with Crippen molar-refractivity contribution in [1.29, 1.82) is 0 Å². The van der Waals surface area contributed by atoms with Crippen LogP contribution in [0.25, 0.3) is 0 Å². The molecule has 2 rings (SSSR count). The molecule has 0 saturated heterocycles. The largest absolute Gasteiger partial charge is 0.322 e. The summed E-state index contributed by atoms with van der Waals surface area (Å²) in [5, 5.41) is 2.64. The van der Waals surface area contributed by atoms with Gasteiger partial charge in [0.15, 0.2) is 0 Å². The molecule has 24 heavy (non-hydrogen) atoms. The summed E-state index contributed by atoms with van der Waals surface area (Å²) in [6, 6.07) is 10.0. The summed E-state index contributed by atoms with van der Waals surface area (Å²) in [4.78, 5) is 26.6. The molecule has 0 saturated carbocycles. The zero-order valence-corrected chi connectivity index (χ0v) is 15.0. The Balaban J connectivity index is 2.13. The van der Waals surface area contributed by atoms with Gasteiger partial charge >= 0.3 is 6.03 Å². The van der Waals surface area contributed by atoms with Crippen LogP contribution in [0.1, 0.15) is 18.5 Å². The minimum Gasteiger partial charge on any atom is -0.321 e.